The second-order valence-electron chi connectivity index (χ2n) is 4.55. The van der Waals surface area contributed by atoms with Gasteiger partial charge in [-0.25, -0.2) is 9.69 Å². The summed E-state index contributed by atoms with van der Waals surface area (Å²) in [5, 5.41) is 8.08. The molecule has 1 aliphatic rings. The number of carbonyl (C=O) groups is 2. The Bertz CT molecular complexity index is 715. The molecule has 1 aromatic carbocycles. The lowest BCUT2D eigenvalue weighted by Gasteiger charge is -2.08. The van der Waals surface area contributed by atoms with Crippen molar-refractivity contribution >= 4 is 23.8 Å². The van der Waals surface area contributed by atoms with Crippen LogP contribution in [0.4, 0.5) is 4.79 Å². The van der Waals surface area contributed by atoms with Crippen molar-refractivity contribution in [3.8, 4) is 17.2 Å². The fourth-order valence-electron chi connectivity index (χ4n) is 1.94. The quantitative estimate of drug-likeness (QED) is 0.764. The number of hydrogen-bond donors (Lipinski definition) is 0. The Labute approximate surface area is 135 Å². The van der Waals surface area contributed by atoms with Gasteiger partial charge >= 0.3 is 6.09 Å². The summed E-state index contributed by atoms with van der Waals surface area (Å²) >= 11 is 1.08. The number of cyclic esters (lactones) is 1. The Balaban J connectivity index is 1.60. The van der Waals surface area contributed by atoms with Crippen LogP contribution in [-0.2, 0) is 9.53 Å². The van der Waals surface area contributed by atoms with Crippen LogP contribution < -0.4 is 4.74 Å². The molecule has 0 radical (unpaired) electrons. The molecule has 0 spiro atoms. The lowest BCUT2D eigenvalue weighted by Crippen LogP contribution is -2.32. The number of hydrogen-bond acceptors (Lipinski definition) is 8. The highest BCUT2D eigenvalue weighted by atomic mass is 32.2. The van der Waals surface area contributed by atoms with Crippen molar-refractivity contribution in [3.63, 3.8) is 0 Å². The minimum atomic E-state index is -0.611. The van der Waals surface area contributed by atoms with Gasteiger partial charge in [0.25, 0.3) is 5.22 Å². The Morgan fingerprint density at radius 3 is 2.78 bits per heavy atom. The largest absolute Gasteiger partial charge is 0.497 e. The molecule has 23 heavy (non-hydrogen) atoms. The molecule has 0 saturated carbocycles. The monoisotopic (exact) mass is 335 g/mol. The van der Waals surface area contributed by atoms with Gasteiger partial charge in [0.2, 0.25) is 11.8 Å². The van der Waals surface area contributed by atoms with E-state index in [1.165, 1.54) is 0 Å². The van der Waals surface area contributed by atoms with Crippen LogP contribution in [-0.4, -0.2) is 53.1 Å². The summed E-state index contributed by atoms with van der Waals surface area (Å²) in [4.78, 5) is 24.2. The number of carbonyl (C=O) groups excluding carboxylic acids is 2. The molecule has 1 fully saturated rings. The highest BCUT2D eigenvalue weighted by molar-refractivity contribution is 7.99. The average molecular weight is 335 g/mol. The van der Waals surface area contributed by atoms with Crippen LogP contribution in [0.5, 0.6) is 5.75 Å². The predicted octanol–water partition coefficient (Wildman–Crippen LogP) is 1.82. The molecule has 1 saturated heterocycles. The molecular formula is C14H13N3O5S. The average Bonchev–Trinajstić information content (AvgIpc) is 3.22. The number of benzene rings is 1. The summed E-state index contributed by atoms with van der Waals surface area (Å²) in [6.45, 7) is 0.510. The number of thioether (sulfide) groups is 1. The Morgan fingerprint density at radius 2 is 2.13 bits per heavy atom. The third-order valence-corrected chi connectivity index (χ3v) is 3.93. The molecule has 3 rings (SSSR count). The first-order valence-electron chi connectivity index (χ1n) is 6.75. The molecule has 120 valence electrons. The van der Waals surface area contributed by atoms with E-state index < -0.39 is 6.09 Å². The molecule has 0 unspecified atom stereocenters. The lowest BCUT2D eigenvalue weighted by atomic mass is 10.2. The fourth-order valence-corrected chi connectivity index (χ4v) is 2.58. The number of imide groups is 1. The fraction of sp³-hybridized carbons (Fsp3) is 0.286. The van der Waals surface area contributed by atoms with Crippen molar-refractivity contribution in [2.45, 2.75) is 5.22 Å². The molecule has 8 nitrogen and oxygen atoms in total. The van der Waals surface area contributed by atoms with E-state index in [2.05, 4.69) is 10.2 Å². The summed E-state index contributed by atoms with van der Waals surface area (Å²) in [5.41, 5.74) is 0.750. The number of nitrogens with zero attached hydrogens (tertiary/aromatic N) is 3. The molecule has 2 amide bonds. The van der Waals surface area contributed by atoms with E-state index in [-0.39, 0.29) is 30.0 Å². The van der Waals surface area contributed by atoms with Gasteiger partial charge in [-0.1, -0.05) is 11.8 Å². The third-order valence-electron chi connectivity index (χ3n) is 3.12. The van der Waals surface area contributed by atoms with E-state index in [9.17, 15) is 9.59 Å². The normalized spacial score (nSPS) is 14.0. The van der Waals surface area contributed by atoms with Gasteiger partial charge in [-0.15, -0.1) is 10.2 Å². The van der Waals surface area contributed by atoms with Crippen molar-refractivity contribution in [1.29, 1.82) is 0 Å². The van der Waals surface area contributed by atoms with Gasteiger partial charge in [0.15, 0.2) is 0 Å². The number of ether oxygens (including phenoxy) is 2. The molecular weight excluding hydrogens is 322 g/mol. The van der Waals surface area contributed by atoms with Crippen molar-refractivity contribution in [3.05, 3.63) is 24.3 Å². The second kappa shape index (κ2) is 6.69. The molecule has 0 bridgehead atoms. The number of rotatable bonds is 5. The first-order chi connectivity index (χ1) is 11.2. The van der Waals surface area contributed by atoms with Gasteiger partial charge in [0.1, 0.15) is 12.4 Å². The summed E-state index contributed by atoms with van der Waals surface area (Å²) in [6.07, 6.45) is -0.611. The van der Waals surface area contributed by atoms with Crippen LogP contribution in [0.15, 0.2) is 33.9 Å². The van der Waals surface area contributed by atoms with Crippen molar-refractivity contribution < 1.29 is 23.5 Å². The molecule has 0 atom stereocenters. The SMILES string of the molecule is COc1ccc(-c2nnc(SCC(=O)N3CCOC3=O)o2)cc1. The van der Waals surface area contributed by atoms with Gasteiger partial charge < -0.3 is 13.9 Å². The van der Waals surface area contributed by atoms with Gasteiger partial charge in [-0.05, 0) is 24.3 Å². The maximum atomic E-state index is 11.9. The molecule has 0 N–H and O–H groups in total. The maximum absolute atomic E-state index is 11.9. The topological polar surface area (TPSA) is 94.8 Å². The van der Waals surface area contributed by atoms with Gasteiger partial charge in [-0.2, -0.15) is 0 Å². The minimum Gasteiger partial charge on any atom is -0.497 e. The number of methoxy groups -OCH3 is 1. The molecule has 1 aliphatic heterocycles. The van der Waals surface area contributed by atoms with Crippen molar-refractivity contribution in [2.24, 2.45) is 0 Å². The zero-order chi connectivity index (χ0) is 16.2. The highest BCUT2D eigenvalue weighted by Gasteiger charge is 2.28. The van der Waals surface area contributed by atoms with E-state index in [1.807, 2.05) is 0 Å². The zero-order valence-corrected chi connectivity index (χ0v) is 13.0. The van der Waals surface area contributed by atoms with Gasteiger partial charge in [0, 0.05) is 5.56 Å². The lowest BCUT2D eigenvalue weighted by molar-refractivity contribution is -0.125. The first kappa shape index (κ1) is 15.3. The Kier molecular flexibility index (Phi) is 4.47. The van der Waals surface area contributed by atoms with Crippen LogP contribution >= 0.6 is 11.8 Å². The van der Waals surface area contributed by atoms with Crippen LogP contribution in [0.3, 0.4) is 0 Å². The Hall–Kier alpha value is -2.55. The summed E-state index contributed by atoms with van der Waals surface area (Å²) in [6, 6.07) is 7.17. The van der Waals surface area contributed by atoms with Crippen LogP contribution in [0.1, 0.15) is 0 Å². The van der Waals surface area contributed by atoms with Crippen molar-refractivity contribution in [1.82, 2.24) is 15.1 Å². The van der Waals surface area contributed by atoms with Crippen LogP contribution in [0.25, 0.3) is 11.5 Å². The standard InChI is InChI=1S/C14H13N3O5S/c1-20-10-4-2-9(3-5-10)12-15-16-13(22-12)23-8-11(18)17-6-7-21-14(17)19/h2-5H,6-8H2,1H3. The van der Waals surface area contributed by atoms with Crippen LogP contribution in [0.2, 0.25) is 0 Å². The summed E-state index contributed by atoms with van der Waals surface area (Å²) in [5.74, 6) is 0.759. The van der Waals surface area contributed by atoms with E-state index in [0.717, 1.165) is 28.0 Å². The zero-order valence-electron chi connectivity index (χ0n) is 12.2. The summed E-state index contributed by atoms with van der Waals surface area (Å²) < 4.78 is 15.3. The van der Waals surface area contributed by atoms with E-state index in [1.54, 1.807) is 31.4 Å². The molecule has 1 aromatic heterocycles. The van der Waals surface area contributed by atoms with E-state index in [0.29, 0.717) is 5.89 Å². The first-order valence-corrected chi connectivity index (χ1v) is 7.74. The van der Waals surface area contributed by atoms with Crippen LogP contribution in [0, 0.1) is 0 Å². The molecule has 2 aromatic rings. The maximum Gasteiger partial charge on any atom is 0.416 e. The van der Waals surface area contributed by atoms with Gasteiger partial charge in [-0.3, -0.25) is 4.79 Å². The van der Waals surface area contributed by atoms with E-state index in [4.69, 9.17) is 13.9 Å². The minimum absolute atomic E-state index is 0.0271. The van der Waals surface area contributed by atoms with Gasteiger partial charge in [0.05, 0.1) is 19.4 Å². The molecule has 2 heterocycles. The highest BCUT2D eigenvalue weighted by Crippen LogP contribution is 2.25. The second-order valence-corrected chi connectivity index (χ2v) is 5.48. The predicted molar refractivity (Wildman–Crippen MR) is 80.1 cm³/mol. The van der Waals surface area contributed by atoms with Crippen molar-refractivity contribution in [2.75, 3.05) is 26.0 Å². The smallest absolute Gasteiger partial charge is 0.416 e. The third kappa shape index (κ3) is 3.45. The molecule has 9 heteroatoms. The molecule has 0 aliphatic carbocycles. The summed E-state index contributed by atoms with van der Waals surface area (Å²) in [7, 11) is 1.59. The number of amides is 2. The van der Waals surface area contributed by atoms with E-state index >= 15 is 0 Å². The number of aromatic nitrogens is 2. The Morgan fingerprint density at radius 1 is 1.35 bits per heavy atom.